The Morgan fingerprint density at radius 2 is 1.96 bits per heavy atom. The average molecular weight is 366 g/mol. The Balaban J connectivity index is 1.90. The van der Waals surface area contributed by atoms with Crippen LogP contribution in [0.1, 0.15) is 40.3 Å². The third kappa shape index (κ3) is 3.05. The Hall–Kier alpha value is -2.13. The third-order valence-corrected chi connectivity index (χ3v) is 4.82. The molecule has 0 saturated carbocycles. The monoisotopic (exact) mass is 366 g/mol. The van der Waals surface area contributed by atoms with Gasteiger partial charge >= 0.3 is 6.09 Å². The van der Waals surface area contributed by atoms with Gasteiger partial charge in [-0.15, -0.1) is 0 Å². The van der Waals surface area contributed by atoms with Gasteiger partial charge in [0.1, 0.15) is 11.7 Å². The first-order chi connectivity index (χ1) is 12.0. The van der Waals surface area contributed by atoms with Crippen molar-refractivity contribution in [3.05, 3.63) is 11.9 Å². The first-order valence-corrected chi connectivity index (χ1v) is 8.74. The number of hydrogen-bond donors (Lipinski definition) is 2. The van der Waals surface area contributed by atoms with Crippen LogP contribution in [-0.4, -0.2) is 66.8 Å². The maximum absolute atomic E-state index is 12.5. The summed E-state index contributed by atoms with van der Waals surface area (Å²) in [6.45, 7) is 9.70. The smallest absolute Gasteiger partial charge is 0.410 e. The molecule has 2 N–H and O–H groups in total. The predicted molar refractivity (Wildman–Crippen MR) is 92.4 cm³/mol. The molecule has 4 atom stereocenters. The molecule has 0 aliphatic carbocycles. The summed E-state index contributed by atoms with van der Waals surface area (Å²) < 4.78 is 7.23. The van der Waals surface area contributed by atoms with Crippen molar-refractivity contribution >= 4 is 17.7 Å². The lowest BCUT2D eigenvalue weighted by Crippen LogP contribution is -2.47. The van der Waals surface area contributed by atoms with Crippen LogP contribution < -0.4 is 4.90 Å². The number of carbonyl (C=O) groups is 2. The van der Waals surface area contributed by atoms with Crippen molar-refractivity contribution < 1.29 is 24.5 Å². The van der Waals surface area contributed by atoms with Gasteiger partial charge in [0.25, 0.3) is 5.91 Å². The molecule has 0 aromatic carbocycles. The minimum Gasteiger partial charge on any atom is -0.444 e. The molecular formula is C17H26N4O5. The molecule has 0 spiro atoms. The summed E-state index contributed by atoms with van der Waals surface area (Å²) in [7, 11) is 0. The SMILES string of the molecule is CC1Cn2ncc(N3C(=O)[C@@H](O)[C@H](O)[C@H]3C)c2CN1C(=O)OC(C)(C)C. The van der Waals surface area contributed by atoms with E-state index in [1.54, 1.807) is 22.7 Å². The second-order valence-corrected chi connectivity index (χ2v) is 8.00. The topological polar surface area (TPSA) is 108 Å². The summed E-state index contributed by atoms with van der Waals surface area (Å²) in [6.07, 6.45) is -1.50. The first kappa shape index (κ1) is 18.7. The van der Waals surface area contributed by atoms with E-state index >= 15 is 0 Å². The summed E-state index contributed by atoms with van der Waals surface area (Å²) in [4.78, 5) is 27.8. The molecule has 144 valence electrons. The molecule has 1 saturated heterocycles. The van der Waals surface area contributed by atoms with Gasteiger partial charge in [-0.2, -0.15) is 5.10 Å². The number of ether oxygens (including phenoxy) is 1. The molecule has 2 aliphatic heterocycles. The molecule has 1 fully saturated rings. The molecular weight excluding hydrogens is 340 g/mol. The highest BCUT2D eigenvalue weighted by atomic mass is 16.6. The normalized spacial score (nSPS) is 29.1. The molecule has 2 aliphatic rings. The second kappa shape index (κ2) is 6.24. The zero-order valence-corrected chi connectivity index (χ0v) is 15.7. The zero-order valence-electron chi connectivity index (χ0n) is 15.7. The van der Waals surface area contributed by atoms with E-state index in [9.17, 15) is 19.8 Å². The van der Waals surface area contributed by atoms with Gasteiger partial charge in [0.05, 0.1) is 42.8 Å². The minimum absolute atomic E-state index is 0.118. The van der Waals surface area contributed by atoms with Crippen LogP contribution in [0, 0.1) is 0 Å². The lowest BCUT2D eigenvalue weighted by molar-refractivity contribution is -0.126. The van der Waals surface area contributed by atoms with E-state index in [4.69, 9.17) is 4.74 Å². The summed E-state index contributed by atoms with van der Waals surface area (Å²) in [5.41, 5.74) is 0.569. The Bertz CT molecular complexity index is 725. The van der Waals surface area contributed by atoms with E-state index in [1.165, 1.54) is 4.90 Å². The van der Waals surface area contributed by atoms with Crippen LogP contribution >= 0.6 is 0 Å². The molecule has 1 aromatic rings. The highest BCUT2D eigenvalue weighted by molar-refractivity contribution is 6.00. The number of nitrogens with zero attached hydrogens (tertiary/aromatic N) is 4. The van der Waals surface area contributed by atoms with Crippen LogP contribution in [0.2, 0.25) is 0 Å². The van der Waals surface area contributed by atoms with Crippen LogP contribution in [0.25, 0.3) is 0 Å². The minimum atomic E-state index is -1.45. The molecule has 26 heavy (non-hydrogen) atoms. The predicted octanol–water partition coefficient (Wildman–Crippen LogP) is 0.479. The number of carbonyl (C=O) groups excluding carboxylic acids is 2. The van der Waals surface area contributed by atoms with Gasteiger partial charge in [-0.05, 0) is 34.6 Å². The number of amides is 2. The van der Waals surface area contributed by atoms with E-state index in [1.807, 2.05) is 27.7 Å². The van der Waals surface area contributed by atoms with E-state index in [2.05, 4.69) is 5.10 Å². The van der Waals surface area contributed by atoms with Crippen molar-refractivity contribution in [1.29, 1.82) is 0 Å². The number of hydrogen-bond acceptors (Lipinski definition) is 6. The van der Waals surface area contributed by atoms with Crippen molar-refractivity contribution in [3.8, 4) is 0 Å². The number of anilines is 1. The largest absolute Gasteiger partial charge is 0.444 e. The number of rotatable bonds is 1. The fourth-order valence-electron chi connectivity index (χ4n) is 3.40. The number of aliphatic hydroxyl groups is 2. The number of aromatic nitrogens is 2. The molecule has 9 heteroatoms. The van der Waals surface area contributed by atoms with Gasteiger partial charge in [-0.25, -0.2) is 4.79 Å². The highest BCUT2D eigenvalue weighted by Crippen LogP contribution is 2.33. The number of aliphatic hydroxyl groups excluding tert-OH is 2. The van der Waals surface area contributed by atoms with E-state index in [0.29, 0.717) is 17.9 Å². The van der Waals surface area contributed by atoms with Crippen LogP contribution in [0.5, 0.6) is 0 Å². The van der Waals surface area contributed by atoms with Crippen molar-refractivity contribution in [2.75, 3.05) is 4.90 Å². The molecule has 2 amide bonds. The Kier molecular flexibility index (Phi) is 4.48. The van der Waals surface area contributed by atoms with Gasteiger partial charge < -0.3 is 19.8 Å². The molecule has 3 rings (SSSR count). The van der Waals surface area contributed by atoms with Gasteiger partial charge in [0, 0.05) is 0 Å². The average Bonchev–Trinajstić information content (AvgIpc) is 3.00. The second-order valence-electron chi connectivity index (χ2n) is 8.00. The highest BCUT2D eigenvalue weighted by Gasteiger charge is 2.46. The first-order valence-electron chi connectivity index (χ1n) is 8.74. The summed E-state index contributed by atoms with van der Waals surface area (Å²) >= 11 is 0. The summed E-state index contributed by atoms with van der Waals surface area (Å²) in [5.74, 6) is -0.566. The standard InChI is InChI=1S/C17H26N4O5/c1-9-7-20-12(8-19(9)16(25)26-17(3,4)5)11(6-18-20)21-10(2)13(22)14(23)15(21)24/h6,9-10,13-14,22-23H,7-8H2,1-5H3/t9?,10-,13-,14+/m1/s1. The maximum Gasteiger partial charge on any atom is 0.410 e. The molecule has 0 bridgehead atoms. The van der Waals surface area contributed by atoms with Gasteiger partial charge in [-0.3, -0.25) is 14.4 Å². The van der Waals surface area contributed by atoms with Crippen molar-refractivity contribution in [2.24, 2.45) is 0 Å². The van der Waals surface area contributed by atoms with Gasteiger partial charge in [0.15, 0.2) is 6.10 Å². The Labute approximate surface area is 152 Å². The maximum atomic E-state index is 12.5. The Morgan fingerprint density at radius 3 is 2.50 bits per heavy atom. The zero-order chi connectivity index (χ0) is 19.4. The van der Waals surface area contributed by atoms with E-state index in [-0.39, 0.29) is 12.6 Å². The fraction of sp³-hybridized carbons (Fsp3) is 0.706. The fourth-order valence-corrected chi connectivity index (χ4v) is 3.40. The molecule has 9 nitrogen and oxygen atoms in total. The van der Waals surface area contributed by atoms with Crippen molar-refractivity contribution in [1.82, 2.24) is 14.7 Å². The van der Waals surface area contributed by atoms with Crippen LogP contribution in [0.3, 0.4) is 0 Å². The number of fused-ring (bicyclic) bond motifs is 1. The molecule has 1 aromatic heterocycles. The van der Waals surface area contributed by atoms with Gasteiger partial charge in [-0.1, -0.05) is 0 Å². The quantitative estimate of drug-likeness (QED) is 0.748. The molecule has 3 heterocycles. The lowest BCUT2D eigenvalue weighted by Gasteiger charge is -2.36. The molecule has 0 radical (unpaired) electrons. The van der Waals surface area contributed by atoms with Crippen LogP contribution in [0.15, 0.2) is 6.20 Å². The van der Waals surface area contributed by atoms with Crippen LogP contribution in [-0.2, 0) is 22.6 Å². The van der Waals surface area contributed by atoms with Crippen molar-refractivity contribution in [2.45, 2.75) is 77.6 Å². The van der Waals surface area contributed by atoms with E-state index < -0.39 is 35.9 Å². The Morgan fingerprint density at radius 1 is 1.31 bits per heavy atom. The third-order valence-electron chi connectivity index (χ3n) is 4.82. The summed E-state index contributed by atoms with van der Waals surface area (Å²) in [6, 6.07) is -0.700. The summed E-state index contributed by atoms with van der Waals surface area (Å²) in [5, 5.41) is 24.2. The van der Waals surface area contributed by atoms with Gasteiger partial charge in [0.2, 0.25) is 0 Å². The van der Waals surface area contributed by atoms with Crippen molar-refractivity contribution in [3.63, 3.8) is 0 Å². The van der Waals surface area contributed by atoms with E-state index in [0.717, 1.165) is 0 Å². The molecule has 1 unspecified atom stereocenters. The lowest BCUT2D eigenvalue weighted by atomic mass is 10.1. The van der Waals surface area contributed by atoms with Crippen LogP contribution in [0.4, 0.5) is 10.5 Å².